The summed E-state index contributed by atoms with van der Waals surface area (Å²) in [5.41, 5.74) is 0.0506. The summed E-state index contributed by atoms with van der Waals surface area (Å²) in [5, 5.41) is 1.90. The van der Waals surface area contributed by atoms with Gasteiger partial charge in [-0.25, -0.2) is 8.42 Å². The van der Waals surface area contributed by atoms with E-state index in [1.54, 1.807) is 47.0 Å². The van der Waals surface area contributed by atoms with E-state index < -0.39 is 27.0 Å². The van der Waals surface area contributed by atoms with Gasteiger partial charge in [0.2, 0.25) is 5.91 Å². The number of benzene rings is 1. The molecule has 1 rings (SSSR count). The van der Waals surface area contributed by atoms with Gasteiger partial charge in [-0.2, -0.15) is 0 Å². The summed E-state index contributed by atoms with van der Waals surface area (Å²) in [6, 6.07) is 5.27. The molecule has 0 bridgehead atoms. The van der Waals surface area contributed by atoms with Gasteiger partial charge in [-0.1, -0.05) is 12.1 Å². The number of likely N-dealkylation sites (N-methyl/N-ethyl adjacent to an activating group) is 1. The molecule has 1 aromatic rings. The van der Waals surface area contributed by atoms with Crippen LogP contribution in [0.3, 0.4) is 0 Å². The zero-order valence-corrected chi connectivity index (χ0v) is 14.3. The molecule has 1 N–H and O–H groups in total. The van der Waals surface area contributed by atoms with Crippen molar-refractivity contribution in [3.8, 4) is 0 Å². The molecular weight excluding hydrogens is 304 g/mol. The number of amides is 2. The van der Waals surface area contributed by atoms with E-state index in [9.17, 15) is 18.0 Å². The molecule has 0 fully saturated rings. The summed E-state index contributed by atoms with van der Waals surface area (Å²) in [7, 11) is -0.410. The maximum absolute atomic E-state index is 12.3. The summed E-state index contributed by atoms with van der Waals surface area (Å²) >= 11 is 0. The standard InChI is InChI=1S/C15H22N2O4S/c1-10(2)22(20,21)13-9-7-6-8-12(13)14(18)16-11(3)15(19)17(4)5/h6-11H,1-5H3,(H,16,18). The monoisotopic (exact) mass is 326 g/mol. The highest BCUT2D eigenvalue weighted by Crippen LogP contribution is 2.20. The Morgan fingerprint density at radius 2 is 1.64 bits per heavy atom. The van der Waals surface area contributed by atoms with Gasteiger partial charge in [-0.3, -0.25) is 9.59 Å². The first kappa shape index (κ1) is 18.2. The number of hydrogen-bond acceptors (Lipinski definition) is 4. The lowest BCUT2D eigenvalue weighted by atomic mass is 10.2. The number of nitrogens with zero attached hydrogens (tertiary/aromatic N) is 1. The van der Waals surface area contributed by atoms with E-state index in [0.29, 0.717) is 0 Å². The minimum absolute atomic E-state index is 0.0213. The molecule has 0 aliphatic heterocycles. The van der Waals surface area contributed by atoms with Crippen LogP contribution in [0, 0.1) is 0 Å². The third kappa shape index (κ3) is 3.85. The van der Waals surface area contributed by atoms with Crippen molar-refractivity contribution in [2.24, 2.45) is 0 Å². The summed E-state index contributed by atoms with van der Waals surface area (Å²) in [6.07, 6.45) is 0. The van der Waals surface area contributed by atoms with Crippen molar-refractivity contribution in [1.82, 2.24) is 10.2 Å². The lowest BCUT2D eigenvalue weighted by Crippen LogP contribution is -2.44. The van der Waals surface area contributed by atoms with Crippen LogP contribution in [0.15, 0.2) is 29.2 Å². The quantitative estimate of drug-likeness (QED) is 0.877. The molecule has 0 spiro atoms. The summed E-state index contributed by atoms with van der Waals surface area (Å²) in [6.45, 7) is 4.67. The number of nitrogens with one attached hydrogen (secondary N) is 1. The molecule has 0 heterocycles. The van der Waals surface area contributed by atoms with E-state index in [0.717, 1.165) is 0 Å². The third-order valence-corrected chi connectivity index (χ3v) is 5.43. The van der Waals surface area contributed by atoms with Gasteiger partial charge in [-0.15, -0.1) is 0 Å². The van der Waals surface area contributed by atoms with E-state index in [-0.39, 0.29) is 16.4 Å². The fourth-order valence-electron chi connectivity index (χ4n) is 1.88. The maximum Gasteiger partial charge on any atom is 0.253 e. The first-order valence-corrected chi connectivity index (χ1v) is 8.48. The van der Waals surface area contributed by atoms with E-state index in [1.165, 1.54) is 17.0 Å². The summed E-state index contributed by atoms with van der Waals surface area (Å²) in [4.78, 5) is 25.5. The Bertz CT molecular complexity index is 666. The first-order valence-electron chi connectivity index (χ1n) is 6.94. The van der Waals surface area contributed by atoms with Crippen molar-refractivity contribution >= 4 is 21.7 Å². The third-order valence-electron chi connectivity index (χ3n) is 3.22. The van der Waals surface area contributed by atoms with Crippen LogP contribution in [0.5, 0.6) is 0 Å². The second kappa shape index (κ2) is 6.91. The van der Waals surface area contributed by atoms with E-state index >= 15 is 0 Å². The molecule has 22 heavy (non-hydrogen) atoms. The molecule has 1 unspecified atom stereocenters. The Labute approximate surface area is 131 Å². The molecule has 6 nitrogen and oxygen atoms in total. The molecular formula is C15H22N2O4S. The highest BCUT2D eigenvalue weighted by molar-refractivity contribution is 7.92. The van der Waals surface area contributed by atoms with Crippen LogP contribution < -0.4 is 5.32 Å². The highest BCUT2D eigenvalue weighted by Gasteiger charge is 2.26. The van der Waals surface area contributed by atoms with Crippen molar-refractivity contribution in [2.75, 3.05) is 14.1 Å². The van der Waals surface area contributed by atoms with Gasteiger partial charge in [0.1, 0.15) is 6.04 Å². The molecule has 2 amide bonds. The normalized spacial score (nSPS) is 12.8. The Morgan fingerprint density at radius 3 is 2.14 bits per heavy atom. The van der Waals surface area contributed by atoms with Gasteiger partial charge in [0.05, 0.1) is 15.7 Å². The molecule has 0 saturated heterocycles. The topological polar surface area (TPSA) is 83.5 Å². The zero-order chi connectivity index (χ0) is 17.1. The maximum atomic E-state index is 12.3. The summed E-state index contributed by atoms with van der Waals surface area (Å²) < 4.78 is 24.7. The van der Waals surface area contributed by atoms with Crippen molar-refractivity contribution in [2.45, 2.75) is 37.0 Å². The molecule has 0 radical (unpaired) electrons. The number of sulfone groups is 1. The second-order valence-electron chi connectivity index (χ2n) is 5.52. The highest BCUT2D eigenvalue weighted by atomic mass is 32.2. The van der Waals surface area contributed by atoms with Crippen LogP contribution in [0.4, 0.5) is 0 Å². The van der Waals surface area contributed by atoms with Crippen LogP contribution in [-0.2, 0) is 14.6 Å². The predicted molar refractivity (Wildman–Crippen MR) is 84.4 cm³/mol. The SMILES string of the molecule is CC(NC(=O)c1ccccc1S(=O)(=O)C(C)C)C(=O)N(C)C. The molecule has 0 aromatic heterocycles. The number of carbonyl (C=O) groups is 2. The Hall–Kier alpha value is -1.89. The average molecular weight is 326 g/mol. The lowest BCUT2D eigenvalue weighted by molar-refractivity contribution is -0.130. The van der Waals surface area contributed by atoms with Crippen molar-refractivity contribution in [1.29, 1.82) is 0 Å². The van der Waals surface area contributed by atoms with Gasteiger partial charge in [0.15, 0.2) is 9.84 Å². The van der Waals surface area contributed by atoms with Crippen molar-refractivity contribution < 1.29 is 18.0 Å². The lowest BCUT2D eigenvalue weighted by Gasteiger charge is -2.19. The molecule has 0 aliphatic rings. The largest absolute Gasteiger partial charge is 0.347 e. The van der Waals surface area contributed by atoms with Crippen molar-refractivity contribution in [3.63, 3.8) is 0 Å². The van der Waals surface area contributed by atoms with Gasteiger partial charge in [0.25, 0.3) is 5.91 Å². The smallest absolute Gasteiger partial charge is 0.253 e. The minimum Gasteiger partial charge on any atom is -0.347 e. The van der Waals surface area contributed by atoms with Crippen LogP contribution in [0.1, 0.15) is 31.1 Å². The average Bonchev–Trinajstić information content (AvgIpc) is 2.45. The van der Waals surface area contributed by atoms with Crippen LogP contribution in [0.2, 0.25) is 0 Å². The Morgan fingerprint density at radius 1 is 1.09 bits per heavy atom. The molecule has 0 aliphatic carbocycles. The van der Waals surface area contributed by atoms with Gasteiger partial charge >= 0.3 is 0 Å². The Kier molecular flexibility index (Phi) is 5.71. The molecule has 7 heteroatoms. The molecule has 1 aromatic carbocycles. The van der Waals surface area contributed by atoms with Crippen LogP contribution in [0.25, 0.3) is 0 Å². The fraction of sp³-hybridized carbons (Fsp3) is 0.467. The van der Waals surface area contributed by atoms with Crippen LogP contribution in [-0.4, -0.2) is 50.5 Å². The number of carbonyl (C=O) groups excluding carboxylic acids is 2. The zero-order valence-electron chi connectivity index (χ0n) is 13.5. The van der Waals surface area contributed by atoms with Gasteiger partial charge in [-0.05, 0) is 32.9 Å². The second-order valence-corrected chi connectivity index (χ2v) is 7.99. The number of rotatable bonds is 5. The van der Waals surface area contributed by atoms with E-state index in [2.05, 4.69) is 5.32 Å². The molecule has 0 saturated carbocycles. The first-order chi connectivity index (χ1) is 10.1. The van der Waals surface area contributed by atoms with Crippen LogP contribution >= 0.6 is 0 Å². The fourth-order valence-corrected chi connectivity index (χ4v) is 3.12. The van der Waals surface area contributed by atoms with Gasteiger partial charge in [0, 0.05) is 14.1 Å². The van der Waals surface area contributed by atoms with Crippen molar-refractivity contribution in [3.05, 3.63) is 29.8 Å². The molecule has 122 valence electrons. The van der Waals surface area contributed by atoms with Gasteiger partial charge < -0.3 is 10.2 Å². The van der Waals surface area contributed by atoms with E-state index in [1.807, 2.05) is 0 Å². The molecule has 1 atom stereocenters. The minimum atomic E-state index is -3.58. The number of hydrogen-bond donors (Lipinski definition) is 1. The Balaban J connectivity index is 3.14. The van der Waals surface area contributed by atoms with E-state index in [4.69, 9.17) is 0 Å². The predicted octanol–water partition coefficient (Wildman–Crippen LogP) is 1.08. The summed E-state index contributed by atoms with van der Waals surface area (Å²) in [5.74, 6) is -0.847.